The third kappa shape index (κ3) is 4.38. The highest BCUT2D eigenvalue weighted by Gasteiger charge is 2.31. The molecule has 2 fully saturated rings. The molecule has 0 aromatic heterocycles. The monoisotopic (exact) mass is 408 g/mol. The SMILES string of the molecule is C[C@H](OC(=O)c1ccc(S(=O)(=O)N2CCCC[C@@H]2C)cc1)C(=O)N1CCCC1. The van der Waals surface area contributed by atoms with E-state index in [9.17, 15) is 18.0 Å². The predicted molar refractivity (Wildman–Crippen MR) is 104 cm³/mol. The van der Waals surface area contributed by atoms with Gasteiger partial charge < -0.3 is 9.64 Å². The average Bonchev–Trinajstić information content (AvgIpc) is 3.22. The molecule has 7 nitrogen and oxygen atoms in total. The third-order valence-electron chi connectivity index (χ3n) is 5.49. The van der Waals surface area contributed by atoms with Gasteiger partial charge in [-0.3, -0.25) is 4.79 Å². The number of rotatable bonds is 5. The molecular weight excluding hydrogens is 380 g/mol. The highest BCUT2D eigenvalue weighted by atomic mass is 32.2. The first-order valence-corrected chi connectivity index (χ1v) is 11.4. The molecule has 0 unspecified atom stereocenters. The average molecular weight is 409 g/mol. The van der Waals surface area contributed by atoms with Crippen LogP contribution in [0.25, 0.3) is 0 Å². The second-order valence-corrected chi connectivity index (χ2v) is 9.46. The number of esters is 1. The lowest BCUT2D eigenvalue weighted by Gasteiger charge is -2.32. The highest BCUT2D eigenvalue weighted by Crippen LogP contribution is 2.25. The van der Waals surface area contributed by atoms with Crippen molar-refractivity contribution in [3.8, 4) is 0 Å². The summed E-state index contributed by atoms with van der Waals surface area (Å²) in [6.07, 6.45) is 3.83. The van der Waals surface area contributed by atoms with Crippen LogP contribution in [0.15, 0.2) is 29.2 Å². The first-order valence-electron chi connectivity index (χ1n) is 9.92. The molecule has 2 heterocycles. The molecule has 0 radical (unpaired) electrons. The van der Waals surface area contributed by atoms with Crippen molar-refractivity contribution in [2.24, 2.45) is 0 Å². The molecule has 0 spiro atoms. The van der Waals surface area contributed by atoms with E-state index in [0.717, 1.165) is 32.1 Å². The number of hydrogen-bond donors (Lipinski definition) is 0. The van der Waals surface area contributed by atoms with Gasteiger partial charge in [0.2, 0.25) is 10.0 Å². The molecular formula is C20H28N2O5S. The largest absolute Gasteiger partial charge is 0.449 e. The molecule has 8 heteroatoms. The zero-order valence-corrected chi connectivity index (χ0v) is 17.3. The van der Waals surface area contributed by atoms with Crippen molar-refractivity contribution < 1.29 is 22.7 Å². The van der Waals surface area contributed by atoms with E-state index < -0.39 is 22.1 Å². The Balaban J connectivity index is 1.66. The maximum Gasteiger partial charge on any atom is 0.338 e. The van der Waals surface area contributed by atoms with E-state index in [1.165, 1.54) is 28.6 Å². The van der Waals surface area contributed by atoms with Crippen LogP contribution >= 0.6 is 0 Å². The van der Waals surface area contributed by atoms with Gasteiger partial charge >= 0.3 is 5.97 Å². The molecule has 3 rings (SSSR count). The van der Waals surface area contributed by atoms with Crippen molar-refractivity contribution in [2.75, 3.05) is 19.6 Å². The zero-order valence-electron chi connectivity index (χ0n) is 16.5. The van der Waals surface area contributed by atoms with E-state index >= 15 is 0 Å². The van der Waals surface area contributed by atoms with Gasteiger partial charge in [0.25, 0.3) is 5.91 Å². The van der Waals surface area contributed by atoms with Gasteiger partial charge in [-0.25, -0.2) is 13.2 Å². The summed E-state index contributed by atoms with van der Waals surface area (Å²) in [6, 6.07) is 5.72. The standard InChI is InChI=1S/C20H28N2O5S/c1-15-7-3-4-14-22(15)28(25,26)18-10-8-17(9-11-18)20(24)27-16(2)19(23)21-12-5-6-13-21/h8-11,15-16H,3-7,12-14H2,1-2H3/t15-,16-/m0/s1. The molecule has 1 amide bonds. The van der Waals surface area contributed by atoms with Crippen LogP contribution in [0.4, 0.5) is 0 Å². The maximum atomic E-state index is 12.9. The first-order chi connectivity index (χ1) is 13.3. The molecule has 0 saturated carbocycles. The summed E-state index contributed by atoms with van der Waals surface area (Å²) >= 11 is 0. The summed E-state index contributed by atoms with van der Waals surface area (Å²) in [5, 5.41) is 0. The van der Waals surface area contributed by atoms with Crippen LogP contribution in [0, 0.1) is 0 Å². The van der Waals surface area contributed by atoms with Crippen molar-refractivity contribution in [3.63, 3.8) is 0 Å². The molecule has 0 aliphatic carbocycles. The van der Waals surface area contributed by atoms with Crippen LogP contribution in [0.1, 0.15) is 56.3 Å². The van der Waals surface area contributed by atoms with Gasteiger partial charge in [0.05, 0.1) is 10.5 Å². The second-order valence-electron chi connectivity index (χ2n) is 7.56. The number of benzene rings is 1. The Morgan fingerprint density at radius 1 is 1.04 bits per heavy atom. The number of amides is 1. The third-order valence-corrected chi connectivity index (χ3v) is 7.52. The fraction of sp³-hybridized carbons (Fsp3) is 0.600. The minimum absolute atomic E-state index is 0.0270. The molecule has 2 aliphatic rings. The lowest BCUT2D eigenvalue weighted by molar-refractivity contribution is -0.138. The Morgan fingerprint density at radius 3 is 2.25 bits per heavy atom. The summed E-state index contributed by atoms with van der Waals surface area (Å²) in [7, 11) is -3.58. The fourth-order valence-corrected chi connectivity index (χ4v) is 5.50. The van der Waals surface area contributed by atoms with Gasteiger partial charge in [0, 0.05) is 25.7 Å². The molecule has 154 valence electrons. The summed E-state index contributed by atoms with van der Waals surface area (Å²) in [4.78, 5) is 26.5. The molecule has 2 atom stereocenters. The number of sulfonamides is 1. The minimum Gasteiger partial charge on any atom is -0.449 e. The second kappa shape index (κ2) is 8.61. The van der Waals surface area contributed by atoms with Crippen LogP contribution in [0.2, 0.25) is 0 Å². The van der Waals surface area contributed by atoms with Gasteiger partial charge in [-0.2, -0.15) is 4.31 Å². The van der Waals surface area contributed by atoms with Gasteiger partial charge in [-0.1, -0.05) is 6.42 Å². The van der Waals surface area contributed by atoms with Crippen molar-refractivity contribution in [3.05, 3.63) is 29.8 Å². The van der Waals surface area contributed by atoms with Crippen molar-refractivity contribution in [1.82, 2.24) is 9.21 Å². The number of carbonyl (C=O) groups is 2. The van der Waals surface area contributed by atoms with Gasteiger partial charge in [0.15, 0.2) is 6.10 Å². The summed E-state index contributed by atoms with van der Waals surface area (Å²) < 4.78 is 32.5. The van der Waals surface area contributed by atoms with Crippen LogP contribution in [0.5, 0.6) is 0 Å². The normalized spacial score (nSPS) is 22.1. The summed E-state index contributed by atoms with van der Waals surface area (Å²) in [6.45, 7) is 5.39. The van der Waals surface area contributed by atoms with E-state index in [1.54, 1.807) is 11.8 Å². The van der Waals surface area contributed by atoms with Crippen molar-refractivity contribution in [2.45, 2.75) is 63.0 Å². The van der Waals surface area contributed by atoms with Crippen molar-refractivity contribution >= 4 is 21.9 Å². The van der Waals surface area contributed by atoms with Crippen molar-refractivity contribution in [1.29, 1.82) is 0 Å². The Kier molecular flexibility index (Phi) is 6.40. The van der Waals surface area contributed by atoms with E-state index in [-0.39, 0.29) is 22.4 Å². The Hall–Kier alpha value is -1.93. The maximum absolute atomic E-state index is 12.9. The van der Waals surface area contributed by atoms with Crippen LogP contribution in [0.3, 0.4) is 0 Å². The first kappa shape index (κ1) is 20.8. The number of carbonyl (C=O) groups excluding carboxylic acids is 2. The number of nitrogens with zero attached hydrogens (tertiary/aromatic N) is 2. The molecule has 0 bridgehead atoms. The molecule has 2 saturated heterocycles. The lowest BCUT2D eigenvalue weighted by Crippen LogP contribution is -2.41. The van der Waals surface area contributed by atoms with Gasteiger partial charge in [-0.05, 0) is 63.8 Å². The quantitative estimate of drug-likeness (QED) is 0.699. The lowest BCUT2D eigenvalue weighted by atomic mass is 10.1. The molecule has 2 aliphatic heterocycles. The highest BCUT2D eigenvalue weighted by molar-refractivity contribution is 7.89. The Bertz CT molecular complexity index is 816. The Labute approximate surface area is 166 Å². The number of ether oxygens (including phenoxy) is 1. The van der Waals surface area contributed by atoms with E-state index in [2.05, 4.69) is 0 Å². The topological polar surface area (TPSA) is 84.0 Å². The van der Waals surface area contributed by atoms with E-state index in [1.807, 2.05) is 6.92 Å². The summed E-state index contributed by atoms with van der Waals surface area (Å²) in [5.74, 6) is -0.820. The minimum atomic E-state index is -3.58. The van der Waals surface area contributed by atoms with Crippen LogP contribution in [-0.2, 0) is 19.6 Å². The predicted octanol–water partition coefficient (Wildman–Crippen LogP) is 2.42. The van der Waals surface area contributed by atoms with Gasteiger partial charge in [0.1, 0.15) is 0 Å². The fourth-order valence-electron chi connectivity index (χ4n) is 3.80. The molecule has 28 heavy (non-hydrogen) atoms. The zero-order chi connectivity index (χ0) is 20.3. The van der Waals surface area contributed by atoms with E-state index in [4.69, 9.17) is 4.74 Å². The number of piperidine rings is 1. The van der Waals surface area contributed by atoms with Crippen LogP contribution in [-0.4, -0.2) is 61.3 Å². The molecule has 1 aromatic rings. The summed E-state index contributed by atoms with van der Waals surface area (Å²) in [5.41, 5.74) is 0.228. The molecule has 1 aromatic carbocycles. The smallest absolute Gasteiger partial charge is 0.338 e. The van der Waals surface area contributed by atoms with E-state index in [0.29, 0.717) is 19.6 Å². The Morgan fingerprint density at radius 2 is 1.64 bits per heavy atom. The number of likely N-dealkylation sites (tertiary alicyclic amines) is 1. The number of hydrogen-bond acceptors (Lipinski definition) is 5. The van der Waals surface area contributed by atoms with Crippen LogP contribution < -0.4 is 0 Å². The van der Waals surface area contributed by atoms with Gasteiger partial charge in [-0.15, -0.1) is 0 Å². The molecule has 0 N–H and O–H groups in total.